The smallest absolute Gasteiger partial charge is 0.257 e. The average Bonchev–Trinajstić information content (AvgIpc) is 3.07. The number of aromatic nitrogens is 2. The third-order valence-electron chi connectivity index (χ3n) is 2.63. The van der Waals surface area contributed by atoms with Crippen molar-refractivity contribution in [3.8, 4) is 16.5 Å². The molecule has 0 amide bonds. The zero-order valence-corrected chi connectivity index (χ0v) is 13.1. The van der Waals surface area contributed by atoms with E-state index in [0.717, 1.165) is 14.4 Å². The molecule has 0 N–H and O–H groups in total. The van der Waals surface area contributed by atoms with E-state index in [9.17, 15) is 0 Å². The van der Waals surface area contributed by atoms with E-state index in [2.05, 4.69) is 26.1 Å². The maximum Gasteiger partial charge on any atom is 0.257 e. The number of halogens is 1. The molecule has 2 heterocycles. The van der Waals surface area contributed by atoms with Gasteiger partial charge in [-0.05, 0) is 47.1 Å². The summed E-state index contributed by atoms with van der Waals surface area (Å²) in [5, 5.41) is 8.00. The second kappa shape index (κ2) is 5.76. The molecule has 4 nitrogen and oxygen atoms in total. The third-order valence-corrected chi connectivity index (χ3v) is 4.25. The number of thiophene rings is 1. The molecular weight excluding hydrogens is 340 g/mol. The van der Waals surface area contributed by atoms with Gasteiger partial charge < -0.3 is 9.15 Å². The van der Waals surface area contributed by atoms with Crippen LogP contribution in [0.15, 0.2) is 44.6 Å². The Kier molecular flexibility index (Phi) is 3.84. The second-order valence-corrected chi connectivity index (χ2v) is 6.67. The lowest BCUT2D eigenvalue weighted by Gasteiger charge is -2.02. The minimum Gasteiger partial charge on any atom is -0.484 e. The molecule has 2 aromatic heterocycles. The van der Waals surface area contributed by atoms with Crippen LogP contribution in [0.2, 0.25) is 0 Å². The van der Waals surface area contributed by atoms with Crippen LogP contribution in [-0.2, 0) is 6.61 Å². The van der Waals surface area contributed by atoms with Crippen molar-refractivity contribution in [1.29, 1.82) is 0 Å². The average molecular weight is 351 g/mol. The Balaban J connectivity index is 1.67. The quantitative estimate of drug-likeness (QED) is 0.697. The van der Waals surface area contributed by atoms with Gasteiger partial charge in [0.25, 0.3) is 11.8 Å². The lowest BCUT2D eigenvalue weighted by atomic mass is 10.2. The molecule has 0 saturated carbocycles. The van der Waals surface area contributed by atoms with Gasteiger partial charge in [-0.15, -0.1) is 21.5 Å². The van der Waals surface area contributed by atoms with E-state index in [-0.39, 0.29) is 6.61 Å². The minimum absolute atomic E-state index is 0.266. The van der Waals surface area contributed by atoms with E-state index in [1.807, 2.05) is 43.3 Å². The van der Waals surface area contributed by atoms with Gasteiger partial charge >= 0.3 is 0 Å². The van der Waals surface area contributed by atoms with Crippen molar-refractivity contribution < 1.29 is 9.15 Å². The molecule has 0 bridgehead atoms. The Morgan fingerprint density at radius 1 is 1.15 bits per heavy atom. The first-order chi connectivity index (χ1) is 9.70. The van der Waals surface area contributed by atoms with Crippen LogP contribution in [0.3, 0.4) is 0 Å². The van der Waals surface area contributed by atoms with Gasteiger partial charge in [-0.25, -0.2) is 0 Å². The molecule has 3 aromatic rings. The maximum absolute atomic E-state index is 5.60. The number of hydrogen-bond donors (Lipinski definition) is 0. The zero-order chi connectivity index (χ0) is 13.9. The van der Waals surface area contributed by atoms with Crippen molar-refractivity contribution in [2.45, 2.75) is 13.5 Å². The summed E-state index contributed by atoms with van der Waals surface area (Å²) in [5.74, 6) is 1.77. The fourth-order valence-corrected chi connectivity index (χ4v) is 2.93. The molecule has 20 heavy (non-hydrogen) atoms. The van der Waals surface area contributed by atoms with E-state index >= 15 is 0 Å². The highest BCUT2D eigenvalue weighted by molar-refractivity contribution is 9.11. The Morgan fingerprint density at radius 3 is 2.65 bits per heavy atom. The molecule has 0 aliphatic carbocycles. The topological polar surface area (TPSA) is 48.2 Å². The summed E-state index contributed by atoms with van der Waals surface area (Å²) >= 11 is 4.96. The molecule has 0 radical (unpaired) electrons. The number of nitrogens with zero attached hydrogens (tertiary/aromatic N) is 2. The largest absolute Gasteiger partial charge is 0.484 e. The van der Waals surface area contributed by atoms with Gasteiger partial charge in [-0.2, -0.15) is 0 Å². The van der Waals surface area contributed by atoms with Crippen LogP contribution in [0, 0.1) is 6.92 Å². The van der Waals surface area contributed by atoms with E-state index in [1.165, 1.54) is 5.56 Å². The van der Waals surface area contributed by atoms with Crippen LogP contribution in [-0.4, -0.2) is 10.2 Å². The molecule has 0 aliphatic rings. The van der Waals surface area contributed by atoms with Gasteiger partial charge in [-0.3, -0.25) is 0 Å². The monoisotopic (exact) mass is 350 g/mol. The summed E-state index contributed by atoms with van der Waals surface area (Å²) < 4.78 is 12.2. The standard InChI is InChI=1S/C14H11BrN2O2S/c1-9-2-4-10(5-3-9)18-8-13-16-17-14(19-13)11-6-7-12(15)20-11/h2-7H,8H2,1H3. The van der Waals surface area contributed by atoms with E-state index in [0.29, 0.717) is 11.8 Å². The molecule has 0 aliphatic heterocycles. The van der Waals surface area contributed by atoms with Gasteiger partial charge in [0.05, 0.1) is 8.66 Å². The molecule has 0 fully saturated rings. The van der Waals surface area contributed by atoms with Crippen LogP contribution in [0.25, 0.3) is 10.8 Å². The summed E-state index contributed by atoms with van der Waals surface area (Å²) in [7, 11) is 0. The highest BCUT2D eigenvalue weighted by Gasteiger charge is 2.11. The Hall–Kier alpha value is -1.66. The van der Waals surface area contributed by atoms with Gasteiger partial charge in [0.15, 0.2) is 6.61 Å². The number of hydrogen-bond acceptors (Lipinski definition) is 5. The highest BCUT2D eigenvalue weighted by atomic mass is 79.9. The molecule has 0 atom stereocenters. The minimum atomic E-state index is 0.266. The van der Waals surface area contributed by atoms with Crippen LogP contribution >= 0.6 is 27.3 Å². The van der Waals surface area contributed by atoms with E-state index in [1.54, 1.807) is 11.3 Å². The van der Waals surface area contributed by atoms with Crippen LogP contribution < -0.4 is 4.74 Å². The molecule has 1 aromatic carbocycles. The zero-order valence-electron chi connectivity index (χ0n) is 10.7. The van der Waals surface area contributed by atoms with Crippen molar-refractivity contribution in [1.82, 2.24) is 10.2 Å². The Bertz CT molecular complexity index is 706. The van der Waals surface area contributed by atoms with Gasteiger partial charge in [0.2, 0.25) is 0 Å². The summed E-state index contributed by atoms with van der Waals surface area (Å²) in [6.07, 6.45) is 0. The number of benzene rings is 1. The fourth-order valence-electron chi connectivity index (χ4n) is 1.62. The molecular formula is C14H11BrN2O2S. The summed E-state index contributed by atoms with van der Waals surface area (Å²) in [6, 6.07) is 11.7. The number of ether oxygens (including phenoxy) is 1. The first-order valence-electron chi connectivity index (χ1n) is 5.98. The van der Waals surface area contributed by atoms with Crippen LogP contribution in [0.4, 0.5) is 0 Å². The second-order valence-electron chi connectivity index (χ2n) is 4.21. The molecule has 6 heteroatoms. The molecule has 3 rings (SSSR count). The van der Waals surface area contributed by atoms with Gasteiger partial charge in [0, 0.05) is 0 Å². The normalized spacial score (nSPS) is 10.7. The molecule has 0 unspecified atom stereocenters. The SMILES string of the molecule is Cc1ccc(OCc2nnc(-c3ccc(Br)s3)o2)cc1. The van der Waals surface area contributed by atoms with Gasteiger partial charge in [-0.1, -0.05) is 17.7 Å². The molecule has 102 valence electrons. The Morgan fingerprint density at radius 2 is 1.95 bits per heavy atom. The van der Waals surface area contributed by atoms with Crippen molar-refractivity contribution in [3.63, 3.8) is 0 Å². The fraction of sp³-hybridized carbons (Fsp3) is 0.143. The van der Waals surface area contributed by atoms with Crippen molar-refractivity contribution in [2.24, 2.45) is 0 Å². The first kappa shape index (κ1) is 13.3. The molecule has 0 saturated heterocycles. The van der Waals surface area contributed by atoms with Crippen LogP contribution in [0.5, 0.6) is 5.75 Å². The van der Waals surface area contributed by atoms with Crippen LogP contribution in [0.1, 0.15) is 11.5 Å². The lowest BCUT2D eigenvalue weighted by molar-refractivity contribution is 0.264. The Labute approximate surface area is 128 Å². The van der Waals surface area contributed by atoms with E-state index in [4.69, 9.17) is 9.15 Å². The summed E-state index contributed by atoms with van der Waals surface area (Å²) in [6.45, 7) is 2.30. The highest BCUT2D eigenvalue weighted by Crippen LogP contribution is 2.30. The van der Waals surface area contributed by atoms with Crippen molar-refractivity contribution in [2.75, 3.05) is 0 Å². The van der Waals surface area contributed by atoms with Crippen molar-refractivity contribution in [3.05, 3.63) is 51.6 Å². The number of aryl methyl sites for hydroxylation is 1. The summed E-state index contributed by atoms with van der Waals surface area (Å²) in [5.41, 5.74) is 1.20. The first-order valence-corrected chi connectivity index (χ1v) is 7.59. The van der Waals surface area contributed by atoms with Gasteiger partial charge in [0.1, 0.15) is 5.75 Å². The third kappa shape index (κ3) is 3.08. The number of rotatable bonds is 4. The summed E-state index contributed by atoms with van der Waals surface area (Å²) in [4.78, 5) is 0.936. The molecule has 0 spiro atoms. The van der Waals surface area contributed by atoms with Crippen molar-refractivity contribution >= 4 is 27.3 Å². The lowest BCUT2D eigenvalue weighted by Crippen LogP contribution is -1.95. The predicted molar refractivity (Wildman–Crippen MR) is 80.8 cm³/mol. The maximum atomic E-state index is 5.60. The van der Waals surface area contributed by atoms with E-state index < -0.39 is 0 Å². The predicted octanol–water partition coefficient (Wildman–Crippen LogP) is 4.45.